The second-order valence-corrected chi connectivity index (χ2v) is 5.91. The van der Waals surface area contributed by atoms with Crippen molar-refractivity contribution in [3.63, 3.8) is 0 Å². The van der Waals surface area contributed by atoms with Crippen molar-refractivity contribution in [2.45, 2.75) is 46.1 Å². The zero-order chi connectivity index (χ0) is 13.9. The molecule has 3 N–H and O–H groups in total. The fourth-order valence-electron chi connectivity index (χ4n) is 1.96. The molecule has 1 aromatic rings. The number of anilines is 1. The Morgan fingerprint density at radius 2 is 2.06 bits per heavy atom. The second kappa shape index (κ2) is 5.85. The van der Waals surface area contributed by atoms with Gasteiger partial charge in [0, 0.05) is 4.47 Å². The summed E-state index contributed by atoms with van der Waals surface area (Å²) in [5.41, 5.74) is 8.18. The standard InChI is InChI=1S/C14H21BrN2O/c1-5-6-14(4,16)13(18)17-12-10(3)7-9(2)8-11(12)15/h7-8H,5-6,16H2,1-4H3,(H,17,18). The van der Waals surface area contributed by atoms with E-state index in [1.54, 1.807) is 6.92 Å². The third-order valence-corrected chi connectivity index (χ3v) is 3.58. The van der Waals surface area contributed by atoms with E-state index in [9.17, 15) is 4.79 Å². The summed E-state index contributed by atoms with van der Waals surface area (Å²) in [5, 5.41) is 2.92. The summed E-state index contributed by atoms with van der Waals surface area (Å²) >= 11 is 3.48. The first-order valence-corrected chi connectivity index (χ1v) is 6.94. The lowest BCUT2D eigenvalue weighted by molar-refractivity contribution is -0.120. The Hall–Kier alpha value is -0.870. The maximum Gasteiger partial charge on any atom is 0.244 e. The van der Waals surface area contributed by atoms with Crippen LogP contribution in [0.4, 0.5) is 5.69 Å². The normalized spacial score (nSPS) is 14.1. The fourth-order valence-corrected chi connectivity index (χ4v) is 2.74. The van der Waals surface area contributed by atoms with Crippen molar-refractivity contribution < 1.29 is 4.79 Å². The number of rotatable bonds is 4. The summed E-state index contributed by atoms with van der Waals surface area (Å²) in [6, 6.07) is 4.02. The number of hydrogen-bond donors (Lipinski definition) is 2. The highest BCUT2D eigenvalue weighted by atomic mass is 79.9. The number of halogens is 1. The van der Waals surface area contributed by atoms with Crippen LogP contribution < -0.4 is 11.1 Å². The summed E-state index contributed by atoms with van der Waals surface area (Å²) in [4.78, 5) is 12.2. The molecule has 0 heterocycles. The van der Waals surface area contributed by atoms with Gasteiger partial charge >= 0.3 is 0 Å². The fraction of sp³-hybridized carbons (Fsp3) is 0.500. The van der Waals surface area contributed by atoms with E-state index in [0.717, 1.165) is 27.7 Å². The number of amides is 1. The van der Waals surface area contributed by atoms with Crippen LogP contribution in [0.15, 0.2) is 16.6 Å². The molecular formula is C14H21BrN2O. The number of nitrogens with one attached hydrogen (secondary N) is 1. The van der Waals surface area contributed by atoms with Crippen LogP contribution in [0.3, 0.4) is 0 Å². The molecule has 0 fully saturated rings. The van der Waals surface area contributed by atoms with Crippen LogP contribution in [0.2, 0.25) is 0 Å². The van der Waals surface area contributed by atoms with Crippen LogP contribution in [0.1, 0.15) is 37.8 Å². The Morgan fingerprint density at radius 1 is 1.44 bits per heavy atom. The SMILES string of the molecule is CCCC(C)(N)C(=O)Nc1c(C)cc(C)cc1Br. The van der Waals surface area contributed by atoms with Crippen LogP contribution in [0, 0.1) is 13.8 Å². The van der Waals surface area contributed by atoms with Gasteiger partial charge in [0.2, 0.25) is 5.91 Å². The maximum absolute atomic E-state index is 12.2. The Labute approximate surface area is 117 Å². The van der Waals surface area contributed by atoms with Crippen molar-refractivity contribution in [1.82, 2.24) is 0 Å². The van der Waals surface area contributed by atoms with E-state index >= 15 is 0 Å². The third-order valence-electron chi connectivity index (χ3n) is 2.96. The lowest BCUT2D eigenvalue weighted by Gasteiger charge is -2.24. The highest BCUT2D eigenvalue weighted by Crippen LogP contribution is 2.28. The van der Waals surface area contributed by atoms with Gasteiger partial charge in [-0.2, -0.15) is 0 Å². The molecule has 0 bridgehead atoms. The van der Waals surface area contributed by atoms with Crippen LogP contribution >= 0.6 is 15.9 Å². The van der Waals surface area contributed by atoms with E-state index in [2.05, 4.69) is 21.2 Å². The van der Waals surface area contributed by atoms with Crippen LogP contribution in [0.25, 0.3) is 0 Å². The molecule has 0 saturated heterocycles. The van der Waals surface area contributed by atoms with E-state index in [0.29, 0.717) is 6.42 Å². The minimum absolute atomic E-state index is 0.142. The average Bonchev–Trinajstić information content (AvgIpc) is 2.22. The topological polar surface area (TPSA) is 55.1 Å². The van der Waals surface area contributed by atoms with E-state index in [1.807, 2.05) is 32.9 Å². The highest BCUT2D eigenvalue weighted by Gasteiger charge is 2.27. The molecule has 0 aliphatic heterocycles. The van der Waals surface area contributed by atoms with Crippen molar-refractivity contribution in [3.8, 4) is 0 Å². The number of hydrogen-bond acceptors (Lipinski definition) is 2. The average molecular weight is 313 g/mol. The predicted octanol–water partition coefficient (Wildman–Crippen LogP) is 3.52. The number of aryl methyl sites for hydroxylation is 2. The van der Waals surface area contributed by atoms with Gasteiger partial charge in [0.25, 0.3) is 0 Å². The first kappa shape index (κ1) is 15.2. The van der Waals surface area contributed by atoms with Crippen LogP contribution in [-0.2, 0) is 4.79 Å². The molecule has 0 spiro atoms. The molecule has 100 valence electrons. The molecule has 3 nitrogen and oxygen atoms in total. The van der Waals surface area contributed by atoms with Crippen molar-refractivity contribution in [2.24, 2.45) is 5.73 Å². The Bertz CT molecular complexity index is 432. The van der Waals surface area contributed by atoms with Gasteiger partial charge in [-0.25, -0.2) is 0 Å². The zero-order valence-corrected chi connectivity index (χ0v) is 13.0. The Morgan fingerprint density at radius 3 is 2.56 bits per heavy atom. The summed E-state index contributed by atoms with van der Waals surface area (Å²) in [6.45, 7) is 7.78. The van der Waals surface area contributed by atoms with E-state index in [4.69, 9.17) is 5.73 Å². The predicted molar refractivity (Wildman–Crippen MR) is 79.7 cm³/mol. The molecule has 18 heavy (non-hydrogen) atoms. The highest BCUT2D eigenvalue weighted by molar-refractivity contribution is 9.10. The smallest absolute Gasteiger partial charge is 0.244 e. The first-order valence-electron chi connectivity index (χ1n) is 6.15. The number of benzene rings is 1. The molecule has 1 aromatic carbocycles. The summed E-state index contributed by atoms with van der Waals surface area (Å²) < 4.78 is 0.889. The van der Waals surface area contributed by atoms with Crippen molar-refractivity contribution in [1.29, 1.82) is 0 Å². The largest absolute Gasteiger partial charge is 0.323 e. The van der Waals surface area contributed by atoms with E-state index < -0.39 is 5.54 Å². The van der Waals surface area contributed by atoms with Gasteiger partial charge < -0.3 is 11.1 Å². The van der Waals surface area contributed by atoms with E-state index in [-0.39, 0.29) is 5.91 Å². The van der Waals surface area contributed by atoms with E-state index in [1.165, 1.54) is 0 Å². The molecular weight excluding hydrogens is 292 g/mol. The number of carbonyl (C=O) groups is 1. The summed E-state index contributed by atoms with van der Waals surface area (Å²) in [7, 11) is 0. The quantitative estimate of drug-likeness (QED) is 0.893. The van der Waals surface area contributed by atoms with Gasteiger partial charge in [-0.05, 0) is 60.3 Å². The molecule has 1 atom stereocenters. The van der Waals surface area contributed by atoms with Crippen molar-refractivity contribution in [2.75, 3.05) is 5.32 Å². The maximum atomic E-state index is 12.2. The minimum Gasteiger partial charge on any atom is -0.323 e. The van der Waals surface area contributed by atoms with Gasteiger partial charge in [-0.15, -0.1) is 0 Å². The molecule has 0 radical (unpaired) electrons. The number of carbonyl (C=O) groups excluding carboxylic acids is 1. The van der Waals surface area contributed by atoms with Gasteiger partial charge in [-0.3, -0.25) is 4.79 Å². The van der Waals surface area contributed by atoms with Crippen LogP contribution in [-0.4, -0.2) is 11.4 Å². The van der Waals surface area contributed by atoms with Crippen molar-refractivity contribution >= 4 is 27.5 Å². The summed E-state index contributed by atoms with van der Waals surface area (Å²) in [6.07, 6.45) is 1.55. The third kappa shape index (κ3) is 3.56. The molecule has 0 aromatic heterocycles. The van der Waals surface area contributed by atoms with Gasteiger partial charge in [0.1, 0.15) is 0 Å². The molecule has 1 amide bonds. The molecule has 1 unspecified atom stereocenters. The molecule has 4 heteroatoms. The summed E-state index contributed by atoms with van der Waals surface area (Å²) in [5.74, 6) is -0.142. The van der Waals surface area contributed by atoms with Crippen LogP contribution in [0.5, 0.6) is 0 Å². The second-order valence-electron chi connectivity index (χ2n) is 5.06. The van der Waals surface area contributed by atoms with Gasteiger partial charge in [-0.1, -0.05) is 19.4 Å². The lowest BCUT2D eigenvalue weighted by Crippen LogP contribution is -2.48. The van der Waals surface area contributed by atoms with Gasteiger partial charge in [0.15, 0.2) is 0 Å². The number of nitrogens with two attached hydrogens (primary N) is 1. The van der Waals surface area contributed by atoms with Crippen molar-refractivity contribution in [3.05, 3.63) is 27.7 Å². The minimum atomic E-state index is -0.828. The van der Waals surface area contributed by atoms with Gasteiger partial charge in [0.05, 0.1) is 11.2 Å². The molecule has 0 aliphatic rings. The molecule has 0 saturated carbocycles. The first-order chi connectivity index (χ1) is 8.27. The lowest BCUT2D eigenvalue weighted by atomic mass is 9.96. The zero-order valence-electron chi connectivity index (χ0n) is 11.4. The Balaban J connectivity index is 2.95. The monoisotopic (exact) mass is 312 g/mol. The Kier molecular flexibility index (Phi) is 4.93. The molecule has 0 aliphatic carbocycles. The molecule has 1 rings (SSSR count).